The number of amides is 3. The average Bonchev–Trinajstić information content (AvgIpc) is 2.62. The summed E-state index contributed by atoms with van der Waals surface area (Å²) in [6.45, 7) is 4.98. The predicted molar refractivity (Wildman–Crippen MR) is 99.4 cm³/mol. The number of anilines is 1. The van der Waals surface area contributed by atoms with E-state index in [9.17, 15) is 9.59 Å². The van der Waals surface area contributed by atoms with Gasteiger partial charge in [0.1, 0.15) is 6.04 Å². The number of nitrogens with one attached hydrogen (secondary N) is 2. The standard InChI is InChI=1S/C20H23N3O2/c1-3-18-19(24)21-11-12-23(18)20(25)22-17-6-4-5-16(13-17)15-9-7-14(2)8-10-15/h4-10,13,18H,3,11-12H2,1-2H3,(H,21,24)(H,22,25)/t18-/m1/s1. The molecule has 1 aliphatic heterocycles. The minimum atomic E-state index is -0.408. The normalized spacial score (nSPS) is 17.1. The van der Waals surface area contributed by atoms with Gasteiger partial charge in [-0.25, -0.2) is 4.79 Å². The maximum Gasteiger partial charge on any atom is 0.322 e. The van der Waals surface area contributed by atoms with Crippen molar-refractivity contribution >= 4 is 17.6 Å². The number of hydrogen-bond acceptors (Lipinski definition) is 2. The van der Waals surface area contributed by atoms with Gasteiger partial charge < -0.3 is 15.5 Å². The molecule has 0 bridgehead atoms. The quantitative estimate of drug-likeness (QED) is 0.902. The fraction of sp³-hybridized carbons (Fsp3) is 0.300. The van der Waals surface area contributed by atoms with Crippen LogP contribution < -0.4 is 10.6 Å². The fourth-order valence-electron chi connectivity index (χ4n) is 3.08. The lowest BCUT2D eigenvalue weighted by atomic mass is 10.0. The van der Waals surface area contributed by atoms with Gasteiger partial charge in [0.15, 0.2) is 0 Å². The van der Waals surface area contributed by atoms with Gasteiger partial charge in [0.25, 0.3) is 0 Å². The minimum absolute atomic E-state index is 0.0858. The molecule has 1 atom stereocenters. The van der Waals surface area contributed by atoms with Gasteiger partial charge in [0, 0.05) is 18.8 Å². The van der Waals surface area contributed by atoms with Crippen molar-refractivity contribution in [3.8, 4) is 11.1 Å². The van der Waals surface area contributed by atoms with Gasteiger partial charge in [0.05, 0.1) is 0 Å². The Labute approximate surface area is 148 Å². The molecule has 5 heteroatoms. The maximum absolute atomic E-state index is 12.6. The molecule has 1 heterocycles. The molecule has 2 N–H and O–H groups in total. The molecule has 2 aromatic carbocycles. The Hall–Kier alpha value is -2.82. The molecule has 25 heavy (non-hydrogen) atoms. The van der Waals surface area contributed by atoms with Crippen molar-refractivity contribution in [1.82, 2.24) is 10.2 Å². The second-order valence-corrected chi connectivity index (χ2v) is 6.29. The van der Waals surface area contributed by atoms with Crippen molar-refractivity contribution in [2.45, 2.75) is 26.3 Å². The van der Waals surface area contributed by atoms with E-state index in [4.69, 9.17) is 0 Å². The molecule has 1 aliphatic rings. The molecule has 130 valence electrons. The van der Waals surface area contributed by atoms with E-state index in [1.807, 2.05) is 31.2 Å². The number of carbonyl (C=O) groups excluding carboxylic acids is 2. The van der Waals surface area contributed by atoms with Gasteiger partial charge in [0.2, 0.25) is 5.91 Å². The first kappa shape index (κ1) is 17.0. The van der Waals surface area contributed by atoms with E-state index in [1.165, 1.54) is 5.56 Å². The SMILES string of the molecule is CC[C@@H]1C(=O)NCCN1C(=O)Nc1cccc(-c2ccc(C)cc2)c1. The van der Waals surface area contributed by atoms with E-state index < -0.39 is 6.04 Å². The van der Waals surface area contributed by atoms with Crippen LogP contribution in [0.2, 0.25) is 0 Å². The number of benzene rings is 2. The van der Waals surface area contributed by atoms with Crippen molar-refractivity contribution in [2.24, 2.45) is 0 Å². The summed E-state index contributed by atoms with van der Waals surface area (Å²) in [5, 5.41) is 5.73. The molecular weight excluding hydrogens is 314 g/mol. The fourth-order valence-corrected chi connectivity index (χ4v) is 3.08. The number of carbonyl (C=O) groups is 2. The Morgan fingerprint density at radius 2 is 1.96 bits per heavy atom. The Balaban J connectivity index is 1.76. The third-order valence-electron chi connectivity index (χ3n) is 4.48. The summed E-state index contributed by atoms with van der Waals surface area (Å²) in [7, 11) is 0. The average molecular weight is 337 g/mol. The van der Waals surface area contributed by atoms with Crippen molar-refractivity contribution in [2.75, 3.05) is 18.4 Å². The van der Waals surface area contributed by atoms with Crippen LogP contribution in [0.5, 0.6) is 0 Å². The van der Waals surface area contributed by atoms with Crippen LogP contribution in [0.25, 0.3) is 11.1 Å². The molecule has 5 nitrogen and oxygen atoms in total. The lowest BCUT2D eigenvalue weighted by Crippen LogP contribution is -2.57. The molecule has 0 spiro atoms. The molecule has 3 rings (SSSR count). The smallest absolute Gasteiger partial charge is 0.322 e. The number of nitrogens with zero attached hydrogens (tertiary/aromatic N) is 1. The Morgan fingerprint density at radius 3 is 2.68 bits per heavy atom. The molecule has 3 amide bonds. The van der Waals surface area contributed by atoms with E-state index in [-0.39, 0.29) is 11.9 Å². The Morgan fingerprint density at radius 1 is 1.20 bits per heavy atom. The number of piperazine rings is 1. The van der Waals surface area contributed by atoms with Crippen molar-refractivity contribution in [3.05, 3.63) is 54.1 Å². The summed E-state index contributed by atoms with van der Waals surface area (Å²) in [5.41, 5.74) is 4.08. The monoisotopic (exact) mass is 337 g/mol. The van der Waals surface area contributed by atoms with Gasteiger partial charge >= 0.3 is 6.03 Å². The van der Waals surface area contributed by atoms with Gasteiger partial charge in [-0.05, 0) is 36.6 Å². The Kier molecular flexibility index (Phi) is 5.03. The zero-order valence-corrected chi connectivity index (χ0v) is 14.6. The molecule has 0 radical (unpaired) electrons. The summed E-state index contributed by atoms with van der Waals surface area (Å²) in [5.74, 6) is -0.0858. The molecular formula is C20H23N3O2. The van der Waals surface area contributed by atoms with Crippen LogP contribution in [0.1, 0.15) is 18.9 Å². The van der Waals surface area contributed by atoms with Crippen LogP contribution >= 0.6 is 0 Å². The van der Waals surface area contributed by atoms with Crippen molar-refractivity contribution < 1.29 is 9.59 Å². The number of aryl methyl sites for hydroxylation is 1. The Bertz CT molecular complexity index is 771. The summed E-state index contributed by atoms with van der Waals surface area (Å²) in [4.78, 5) is 26.1. The summed E-state index contributed by atoms with van der Waals surface area (Å²) >= 11 is 0. The molecule has 1 saturated heterocycles. The predicted octanol–water partition coefficient (Wildman–Crippen LogP) is 3.40. The lowest BCUT2D eigenvalue weighted by Gasteiger charge is -2.34. The molecule has 2 aromatic rings. The largest absolute Gasteiger partial charge is 0.353 e. The minimum Gasteiger partial charge on any atom is -0.353 e. The summed E-state index contributed by atoms with van der Waals surface area (Å²) in [6.07, 6.45) is 0.600. The van der Waals surface area contributed by atoms with Crippen molar-refractivity contribution in [1.29, 1.82) is 0 Å². The zero-order chi connectivity index (χ0) is 17.8. The van der Waals surface area contributed by atoms with Crippen LogP contribution in [-0.4, -0.2) is 36.0 Å². The van der Waals surface area contributed by atoms with Gasteiger partial charge in [-0.2, -0.15) is 0 Å². The molecule has 0 aliphatic carbocycles. The molecule has 1 fully saturated rings. The topological polar surface area (TPSA) is 61.4 Å². The number of hydrogen-bond donors (Lipinski definition) is 2. The first-order valence-electron chi connectivity index (χ1n) is 8.61. The highest BCUT2D eigenvalue weighted by atomic mass is 16.2. The highest BCUT2D eigenvalue weighted by molar-refractivity contribution is 5.95. The van der Waals surface area contributed by atoms with E-state index in [1.54, 1.807) is 4.90 Å². The third kappa shape index (κ3) is 3.82. The van der Waals surface area contributed by atoms with Crippen molar-refractivity contribution in [3.63, 3.8) is 0 Å². The van der Waals surface area contributed by atoms with E-state index in [0.717, 1.165) is 16.8 Å². The van der Waals surface area contributed by atoms with Gasteiger partial charge in [-0.3, -0.25) is 4.79 Å². The molecule has 0 aromatic heterocycles. The van der Waals surface area contributed by atoms with Crippen LogP contribution in [0.15, 0.2) is 48.5 Å². The third-order valence-corrected chi connectivity index (χ3v) is 4.48. The maximum atomic E-state index is 12.6. The zero-order valence-electron chi connectivity index (χ0n) is 14.6. The first-order valence-corrected chi connectivity index (χ1v) is 8.61. The van der Waals surface area contributed by atoms with Crippen LogP contribution in [0.3, 0.4) is 0 Å². The second kappa shape index (κ2) is 7.38. The number of rotatable bonds is 3. The molecule has 0 unspecified atom stereocenters. The van der Waals surface area contributed by atoms with E-state index in [2.05, 4.69) is 41.8 Å². The number of urea groups is 1. The highest BCUT2D eigenvalue weighted by Crippen LogP contribution is 2.23. The van der Waals surface area contributed by atoms with Crippen LogP contribution in [0, 0.1) is 6.92 Å². The first-order chi connectivity index (χ1) is 12.1. The van der Waals surface area contributed by atoms with Crippen LogP contribution in [-0.2, 0) is 4.79 Å². The van der Waals surface area contributed by atoms with Gasteiger partial charge in [-0.15, -0.1) is 0 Å². The van der Waals surface area contributed by atoms with E-state index >= 15 is 0 Å². The second-order valence-electron chi connectivity index (χ2n) is 6.29. The summed E-state index contributed by atoms with van der Waals surface area (Å²) in [6, 6.07) is 15.4. The molecule has 0 saturated carbocycles. The van der Waals surface area contributed by atoms with E-state index in [0.29, 0.717) is 19.5 Å². The highest BCUT2D eigenvalue weighted by Gasteiger charge is 2.31. The lowest BCUT2D eigenvalue weighted by molar-refractivity contribution is -0.127. The summed E-state index contributed by atoms with van der Waals surface area (Å²) < 4.78 is 0. The van der Waals surface area contributed by atoms with Gasteiger partial charge in [-0.1, -0.05) is 48.9 Å². The van der Waals surface area contributed by atoms with Crippen LogP contribution in [0.4, 0.5) is 10.5 Å².